The number of nitrogens with zero attached hydrogens (tertiary/aromatic N) is 1. The molecule has 25 heavy (non-hydrogen) atoms. The van der Waals surface area contributed by atoms with Gasteiger partial charge in [0.1, 0.15) is 0 Å². The summed E-state index contributed by atoms with van der Waals surface area (Å²) in [5.74, 6) is -2.23. The van der Waals surface area contributed by atoms with E-state index in [1.807, 2.05) is 12.2 Å². The number of ketones is 1. The summed E-state index contributed by atoms with van der Waals surface area (Å²) in [4.78, 5) is 53.3. The van der Waals surface area contributed by atoms with Crippen molar-refractivity contribution in [3.05, 3.63) is 34.7 Å². The van der Waals surface area contributed by atoms with Crippen molar-refractivity contribution in [2.24, 2.45) is 11.8 Å². The molecule has 132 valence electrons. The van der Waals surface area contributed by atoms with Crippen molar-refractivity contribution in [3.63, 3.8) is 0 Å². The molecule has 1 aromatic heterocycles. The summed E-state index contributed by atoms with van der Waals surface area (Å²) in [6.07, 6.45) is 4.87. The van der Waals surface area contributed by atoms with E-state index in [9.17, 15) is 19.2 Å². The molecule has 2 amide bonds. The molecule has 7 nitrogen and oxygen atoms in total. The normalized spacial score (nSPS) is 22.3. The van der Waals surface area contributed by atoms with Crippen molar-refractivity contribution in [2.45, 2.75) is 26.7 Å². The van der Waals surface area contributed by atoms with Crippen LogP contribution >= 0.6 is 0 Å². The quantitative estimate of drug-likeness (QED) is 0.387. The van der Waals surface area contributed by atoms with E-state index in [-0.39, 0.29) is 35.9 Å². The molecule has 1 aliphatic carbocycles. The number of aromatic amines is 1. The van der Waals surface area contributed by atoms with Gasteiger partial charge in [-0.05, 0) is 32.3 Å². The molecule has 1 N–H and O–H groups in total. The number of aromatic nitrogens is 1. The summed E-state index contributed by atoms with van der Waals surface area (Å²) >= 11 is 0. The van der Waals surface area contributed by atoms with Crippen LogP contribution in [0.3, 0.4) is 0 Å². The molecule has 1 fully saturated rings. The third-order valence-electron chi connectivity index (χ3n) is 5.01. The monoisotopic (exact) mass is 344 g/mol. The summed E-state index contributed by atoms with van der Waals surface area (Å²) in [6, 6.07) is 0. The van der Waals surface area contributed by atoms with Crippen LogP contribution in [-0.4, -0.2) is 47.1 Å². The Hall–Kier alpha value is -2.70. The van der Waals surface area contributed by atoms with Crippen LogP contribution in [0.15, 0.2) is 12.2 Å². The molecule has 0 spiro atoms. The van der Waals surface area contributed by atoms with Gasteiger partial charge in [0.15, 0.2) is 5.78 Å². The Labute approximate surface area is 145 Å². The fourth-order valence-corrected chi connectivity index (χ4v) is 3.68. The Bertz CT molecular complexity index is 779. The molecular weight excluding hydrogens is 324 g/mol. The molecule has 0 aromatic carbocycles. The Morgan fingerprint density at radius 1 is 1.16 bits per heavy atom. The maximum absolute atomic E-state index is 12.6. The van der Waals surface area contributed by atoms with Crippen LogP contribution in [0.25, 0.3) is 0 Å². The van der Waals surface area contributed by atoms with Crippen molar-refractivity contribution < 1.29 is 23.9 Å². The maximum Gasteiger partial charge on any atom is 0.339 e. The highest BCUT2D eigenvalue weighted by molar-refractivity contribution is 6.10. The van der Waals surface area contributed by atoms with Crippen LogP contribution in [0.4, 0.5) is 0 Å². The van der Waals surface area contributed by atoms with Crippen LogP contribution in [0.2, 0.25) is 0 Å². The third-order valence-corrected chi connectivity index (χ3v) is 5.01. The number of likely N-dealkylation sites (tertiary alicyclic amines) is 1. The second-order valence-electron chi connectivity index (χ2n) is 6.46. The smallest absolute Gasteiger partial charge is 0.339 e. The fourth-order valence-electron chi connectivity index (χ4n) is 3.68. The fraction of sp³-hybridized carbons (Fsp3) is 0.444. The van der Waals surface area contributed by atoms with Gasteiger partial charge in [-0.3, -0.25) is 19.3 Å². The van der Waals surface area contributed by atoms with E-state index in [0.717, 1.165) is 4.90 Å². The van der Waals surface area contributed by atoms with Gasteiger partial charge in [0.05, 0.1) is 36.7 Å². The van der Waals surface area contributed by atoms with E-state index in [4.69, 9.17) is 4.74 Å². The number of allylic oxidation sites excluding steroid dienone is 2. The van der Waals surface area contributed by atoms with E-state index >= 15 is 0 Å². The van der Waals surface area contributed by atoms with E-state index in [2.05, 4.69) is 4.98 Å². The zero-order valence-electron chi connectivity index (χ0n) is 14.4. The summed E-state index contributed by atoms with van der Waals surface area (Å²) in [7, 11) is 1.27. The van der Waals surface area contributed by atoms with Crippen molar-refractivity contribution in [3.8, 4) is 0 Å². The number of carbonyl (C=O) groups is 4. The number of fused-ring (bicyclic) bond motifs is 1. The third kappa shape index (κ3) is 2.69. The highest BCUT2D eigenvalue weighted by Crippen LogP contribution is 2.35. The maximum atomic E-state index is 12.6. The lowest BCUT2D eigenvalue weighted by Crippen LogP contribution is -2.36. The molecule has 0 saturated carbocycles. The van der Waals surface area contributed by atoms with Crippen LogP contribution in [-0.2, 0) is 14.3 Å². The number of ether oxygens (including phenoxy) is 1. The molecule has 1 aliphatic heterocycles. The van der Waals surface area contributed by atoms with Gasteiger partial charge in [0.25, 0.3) is 0 Å². The highest BCUT2D eigenvalue weighted by atomic mass is 16.5. The van der Waals surface area contributed by atoms with Crippen LogP contribution in [0, 0.1) is 25.7 Å². The topological polar surface area (TPSA) is 96.5 Å². The lowest BCUT2D eigenvalue weighted by molar-refractivity contribution is -0.139. The predicted molar refractivity (Wildman–Crippen MR) is 88.0 cm³/mol. The second-order valence-corrected chi connectivity index (χ2v) is 6.46. The zero-order valence-corrected chi connectivity index (χ0v) is 14.4. The zero-order chi connectivity index (χ0) is 18.3. The van der Waals surface area contributed by atoms with Gasteiger partial charge in [-0.2, -0.15) is 0 Å². The highest BCUT2D eigenvalue weighted by Gasteiger charge is 2.47. The Morgan fingerprint density at radius 3 is 2.24 bits per heavy atom. The van der Waals surface area contributed by atoms with Crippen LogP contribution in [0.5, 0.6) is 0 Å². The molecule has 3 rings (SSSR count). The van der Waals surface area contributed by atoms with Gasteiger partial charge < -0.3 is 9.72 Å². The average molecular weight is 344 g/mol. The van der Waals surface area contributed by atoms with Gasteiger partial charge in [-0.25, -0.2) is 4.79 Å². The lowest BCUT2D eigenvalue weighted by atomic mass is 9.85. The number of methoxy groups -OCH3 is 1. The molecule has 2 aliphatic rings. The molecule has 2 heterocycles. The van der Waals surface area contributed by atoms with Gasteiger partial charge in [0.2, 0.25) is 11.8 Å². The first-order valence-corrected chi connectivity index (χ1v) is 8.17. The molecule has 0 radical (unpaired) electrons. The first kappa shape index (κ1) is 17.1. The van der Waals surface area contributed by atoms with Gasteiger partial charge >= 0.3 is 5.97 Å². The Balaban J connectivity index is 1.83. The number of Topliss-reactive ketones (excluding diaryl/α,β-unsaturated/α-hetero) is 1. The first-order valence-electron chi connectivity index (χ1n) is 8.17. The molecular formula is C18H20N2O5. The average Bonchev–Trinajstić information content (AvgIpc) is 3.03. The number of H-pyrrole nitrogens is 1. The van der Waals surface area contributed by atoms with Crippen LogP contribution in [0.1, 0.15) is 44.9 Å². The minimum atomic E-state index is -0.532. The number of aryl methyl sites for hydroxylation is 1. The largest absolute Gasteiger partial charge is 0.465 e. The standard InChI is InChI=1S/C18H20N2O5/c1-9-14(18(24)25-3)10(2)19-15(9)13(21)8-20-16(22)11-6-4-5-7-12(11)17(20)23/h4-5,11-12,19H,6-8H2,1-3H3/t11-,12-/m1/s1. The lowest BCUT2D eigenvalue weighted by Gasteiger charge is -2.14. The Morgan fingerprint density at radius 2 is 1.72 bits per heavy atom. The summed E-state index contributed by atoms with van der Waals surface area (Å²) in [6.45, 7) is 2.99. The van der Waals surface area contributed by atoms with Gasteiger partial charge in [-0.1, -0.05) is 12.2 Å². The van der Waals surface area contributed by atoms with Crippen molar-refractivity contribution >= 4 is 23.6 Å². The van der Waals surface area contributed by atoms with E-state index in [1.165, 1.54) is 7.11 Å². The molecule has 7 heteroatoms. The van der Waals surface area contributed by atoms with E-state index in [1.54, 1.807) is 13.8 Å². The number of carbonyl (C=O) groups excluding carboxylic acids is 4. The second kappa shape index (κ2) is 6.31. The number of rotatable bonds is 4. The summed E-state index contributed by atoms with van der Waals surface area (Å²) in [5.41, 5.74) is 1.52. The van der Waals surface area contributed by atoms with E-state index in [0.29, 0.717) is 29.7 Å². The van der Waals surface area contributed by atoms with Crippen molar-refractivity contribution in [1.29, 1.82) is 0 Å². The van der Waals surface area contributed by atoms with Crippen molar-refractivity contribution in [1.82, 2.24) is 9.88 Å². The number of amides is 2. The minimum Gasteiger partial charge on any atom is -0.465 e. The van der Waals surface area contributed by atoms with Crippen LogP contribution < -0.4 is 0 Å². The molecule has 0 unspecified atom stereocenters. The number of esters is 1. The molecule has 1 saturated heterocycles. The molecule has 1 aromatic rings. The first-order chi connectivity index (χ1) is 11.9. The molecule has 0 bridgehead atoms. The summed E-state index contributed by atoms with van der Waals surface area (Å²) < 4.78 is 4.73. The number of hydrogen-bond donors (Lipinski definition) is 1. The van der Waals surface area contributed by atoms with Gasteiger partial charge in [-0.15, -0.1) is 0 Å². The number of hydrogen-bond acceptors (Lipinski definition) is 5. The van der Waals surface area contributed by atoms with E-state index < -0.39 is 11.8 Å². The Kier molecular flexibility index (Phi) is 4.32. The van der Waals surface area contributed by atoms with Crippen molar-refractivity contribution in [2.75, 3.05) is 13.7 Å². The minimum absolute atomic E-state index is 0.228. The van der Waals surface area contributed by atoms with Gasteiger partial charge in [0, 0.05) is 5.69 Å². The molecule has 2 atom stereocenters. The predicted octanol–water partition coefficient (Wildman–Crippen LogP) is 1.55. The summed E-state index contributed by atoms with van der Waals surface area (Å²) in [5, 5.41) is 0. The number of nitrogens with one attached hydrogen (secondary N) is 1. The SMILES string of the molecule is COC(=O)c1c(C)[nH]c(C(=O)CN2C(=O)[C@@H]3CC=CC[C@H]3C2=O)c1C. The number of imide groups is 1.